The predicted molar refractivity (Wildman–Crippen MR) is 196 cm³/mol. The third-order valence-electron chi connectivity index (χ3n) is 9.77. The second kappa shape index (κ2) is 11.4. The summed E-state index contributed by atoms with van der Waals surface area (Å²) in [5.41, 5.74) is 14.8. The molecule has 0 spiro atoms. The Bertz CT molecular complexity index is 2220. The molecule has 0 fully saturated rings. The molecule has 0 saturated carbocycles. The van der Waals surface area contributed by atoms with Crippen LogP contribution in [0.2, 0.25) is 0 Å². The van der Waals surface area contributed by atoms with Crippen molar-refractivity contribution in [3.63, 3.8) is 0 Å². The molecule has 2 atom stereocenters. The Morgan fingerprint density at radius 2 is 1.43 bits per heavy atom. The van der Waals surface area contributed by atoms with Gasteiger partial charge in [0, 0.05) is 17.2 Å². The topological polar surface area (TPSA) is 20.2 Å². The zero-order chi connectivity index (χ0) is 31.2. The molecular weight excluding hydrogens is 556 g/mol. The summed E-state index contributed by atoms with van der Waals surface area (Å²) in [4.78, 5) is 0. The van der Waals surface area contributed by atoms with Crippen LogP contribution >= 0.6 is 0 Å². The smallest absolute Gasteiger partial charge is 0.124 e. The summed E-state index contributed by atoms with van der Waals surface area (Å²) in [6.45, 7) is 6.03. The summed E-state index contributed by atoms with van der Waals surface area (Å²) in [5.74, 6) is 0.765. The van der Waals surface area contributed by atoms with E-state index in [4.69, 9.17) is 0 Å². The lowest BCUT2D eigenvalue weighted by atomic mass is 9.81. The lowest BCUT2D eigenvalue weighted by Crippen LogP contribution is -2.06. The highest BCUT2D eigenvalue weighted by atomic mass is 16.3. The van der Waals surface area contributed by atoms with Crippen LogP contribution in [0.15, 0.2) is 170 Å². The van der Waals surface area contributed by atoms with Gasteiger partial charge in [0.2, 0.25) is 0 Å². The number of allylic oxidation sites excluding steroid dienone is 18. The van der Waals surface area contributed by atoms with Gasteiger partial charge in [-0.05, 0) is 85.2 Å². The molecule has 0 aliphatic heterocycles. The Morgan fingerprint density at radius 1 is 0.674 bits per heavy atom. The van der Waals surface area contributed by atoms with Gasteiger partial charge >= 0.3 is 0 Å². The molecule has 1 N–H and O–H groups in total. The zero-order valence-corrected chi connectivity index (χ0v) is 25.8. The van der Waals surface area contributed by atoms with E-state index in [1.807, 2.05) is 24.3 Å². The van der Waals surface area contributed by atoms with Crippen LogP contribution in [0, 0.1) is 18.8 Å². The molecule has 1 heteroatoms. The van der Waals surface area contributed by atoms with Gasteiger partial charge in [0.25, 0.3) is 0 Å². The summed E-state index contributed by atoms with van der Waals surface area (Å²) < 4.78 is 0. The molecule has 0 saturated heterocycles. The van der Waals surface area contributed by atoms with Crippen molar-refractivity contribution in [3.8, 4) is 16.9 Å². The van der Waals surface area contributed by atoms with Crippen LogP contribution in [0.5, 0.6) is 5.75 Å². The number of hydrogen-bond acceptors (Lipinski definition) is 1. The Morgan fingerprint density at radius 3 is 2.28 bits per heavy atom. The molecule has 0 aromatic heterocycles. The molecule has 8 rings (SSSR count). The SMILES string of the molecule is C=C/C=C\c1cccc(C2=CC=CC3=C(c4ccc(-c5ccc(O)c6c(C7=CC=CC8=CC=CC87)cccc56)cc4)C=CC23)c1C. The largest absolute Gasteiger partial charge is 0.507 e. The van der Waals surface area contributed by atoms with E-state index in [0.717, 1.165) is 27.5 Å². The molecule has 0 bridgehead atoms. The fourth-order valence-corrected chi connectivity index (χ4v) is 7.49. The fourth-order valence-electron chi connectivity index (χ4n) is 7.49. The number of aromatic hydroxyl groups is 1. The molecule has 220 valence electrons. The molecule has 1 nitrogen and oxygen atoms in total. The van der Waals surface area contributed by atoms with E-state index < -0.39 is 0 Å². The number of phenolic OH excluding ortho intramolecular Hbond substituents is 1. The average Bonchev–Trinajstić information content (AvgIpc) is 3.76. The highest BCUT2D eigenvalue weighted by Gasteiger charge is 2.27. The van der Waals surface area contributed by atoms with Gasteiger partial charge in [0.15, 0.2) is 0 Å². The van der Waals surface area contributed by atoms with Crippen LogP contribution < -0.4 is 0 Å². The van der Waals surface area contributed by atoms with Gasteiger partial charge in [-0.25, -0.2) is 0 Å². The van der Waals surface area contributed by atoms with E-state index in [1.165, 1.54) is 50.1 Å². The van der Waals surface area contributed by atoms with E-state index in [1.54, 1.807) is 0 Å². The van der Waals surface area contributed by atoms with E-state index in [0.29, 0.717) is 5.75 Å². The zero-order valence-electron chi connectivity index (χ0n) is 25.8. The van der Waals surface area contributed by atoms with Crippen LogP contribution in [-0.4, -0.2) is 5.11 Å². The second-order valence-electron chi connectivity index (χ2n) is 12.2. The Balaban J connectivity index is 1.14. The van der Waals surface area contributed by atoms with Crippen LogP contribution in [0.25, 0.3) is 44.7 Å². The average molecular weight is 591 g/mol. The minimum Gasteiger partial charge on any atom is -0.507 e. The van der Waals surface area contributed by atoms with Crippen molar-refractivity contribution in [2.24, 2.45) is 11.8 Å². The summed E-state index contributed by atoms with van der Waals surface area (Å²) >= 11 is 0. The van der Waals surface area contributed by atoms with Crippen molar-refractivity contribution in [1.82, 2.24) is 0 Å². The quantitative estimate of drug-likeness (QED) is 0.222. The Hall–Kier alpha value is -5.66. The summed E-state index contributed by atoms with van der Waals surface area (Å²) in [6.07, 6.45) is 30.3. The lowest BCUT2D eigenvalue weighted by Gasteiger charge is -2.22. The van der Waals surface area contributed by atoms with E-state index in [-0.39, 0.29) is 11.8 Å². The van der Waals surface area contributed by atoms with Gasteiger partial charge in [-0.3, -0.25) is 0 Å². The first-order valence-corrected chi connectivity index (χ1v) is 15.9. The highest BCUT2D eigenvalue weighted by Crippen LogP contribution is 2.46. The molecule has 4 aliphatic rings. The third-order valence-corrected chi connectivity index (χ3v) is 9.77. The summed E-state index contributed by atoms with van der Waals surface area (Å²) in [5, 5.41) is 13.1. The number of benzene rings is 4. The van der Waals surface area contributed by atoms with Crippen molar-refractivity contribution < 1.29 is 5.11 Å². The van der Waals surface area contributed by atoms with Gasteiger partial charge < -0.3 is 5.11 Å². The van der Waals surface area contributed by atoms with Crippen molar-refractivity contribution in [1.29, 1.82) is 0 Å². The lowest BCUT2D eigenvalue weighted by molar-refractivity contribution is 0.481. The Kier molecular flexibility index (Phi) is 6.88. The number of hydrogen-bond donors (Lipinski definition) is 1. The first-order chi connectivity index (χ1) is 22.6. The molecule has 46 heavy (non-hydrogen) atoms. The number of fused-ring (bicyclic) bond motifs is 3. The minimum absolute atomic E-state index is 0.224. The summed E-state index contributed by atoms with van der Waals surface area (Å²) in [7, 11) is 0. The van der Waals surface area contributed by atoms with Crippen LogP contribution in [0.3, 0.4) is 0 Å². The first kappa shape index (κ1) is 27.9. The maximum absolute atomic E-state index is 11.2. The van der Waals surface area contributed by atoms with Crippen LogP contribution in [-0.2, 0) is 0 Å². The molecule has 4 aliphatic carbocycles. The molecule has 0 amide bonds. The number of phenols is 1. The van der Waals surface area contributed by atoms with Crippen molar-refractivity contribution in [2.45, 2.75) is 6.92 Å². The maximum atomic E-state index is 11.2. The first-order valence-electron chi connectivity index (χ1n) is 15.9. The van der Waals surface area contributed by atoms with Gasteiger partial charge in [-0.15, -0.1) is 0 Å². The van der Waals surface area contributed by atoms with Crippen molar-refractivity contribution in [3.05, 3.63) is 197 Å². The number of rotatable bonds is 6. The third kappa shape index (κ3) is 4.55. The normalized spacial score (nSPS) is 19.5. The molecule has 4 aromatic rings. The second-order valence-corrected chi connectivity index (χ2v) is 12.2. The van der Waals surface area contributed by atoms with Gasteiger partial charge in [0.05, 0.1) is 0 Å². The molecular formula is C45H34O. The Labute approximate surface area is 270 Å². The highest BCUT2D eigenvalue weighted by molar-refractivity contribution is 6.06. The van der Waals surface area contributed by atoms with Gasteiger partial charge in [-0.1, -0.05) is 158 Å². The van der Waals surface area contributed by atoms with Crippen molar-refractivity contribution >= 4 is 33.6 Å². The molecule has 4 aromatic carbocycles. The monoisotopic (exact) mass is 590 g/mol. The standard InChI is InChI=1S/C45H34O/c1-3-4-10-30-11-5-14-34(29(30)2)38-17-8-18-39-36(25-26-41(38)39)32-21-23-33(24-22-32)37-27-28-44(46)45-42(37)19-9-20-43(45)40-16-7-13-31-12-6-15-35(31)40/h3-28,35,41,46H,1H2,2H3/b10-4-. The van der Waals surface area contributed by atoms with Crippen LogP contribution in [0.1, 0.15) is 27.8 Å². The summed E-state index contributed by atoms with van der Waals surface area (Å²) in [6, 6.07) is 25.7. The van der Waals surface area contributed by atoms with Gasteiger partial charge in [0.1, 0.15) is 5.75 Å². The van der Waals surface area contributed by atoms with E-state index >= 15 is 0 Å². The predicted octanol–water partition coefficient (Wildman–Crippen LogP) is 11.4. The van der Waals surface area contributed by atoms with Gasteiger partial charge in [-0.2, -0.15) is 0 Å². The molecule has 2 unspecified atom stereocenters. The minimum atomic E-state index is 0.224. The molecule has 0 heterocycles. The van der Waals surface area contributed by atoms with E-state index in [9.17, 15) is 5.11 Å². The van der Waals surface area contributed by atoms with Crippen LogP contribution in [0.4, 0.5) is 0 Å². The van der Waals surface area contributed by atoms with E-state index in [2.05, 4.69) is 147 Å². The fraction of sp³-hybridized carbons (Fsp3) is 0.0667. The maximum Gasteiger partial charge on any atom is 0.124 e. The molecule has 0 radical (unpaired) electrons. The van der Waals surface area contributed by atoms with Crippen molar-refractivity contribution in [2.75, 3.05) is 0 Å².